The molecule has 0 aliphatic carbocycles. The maximum Gasteiger partial charge on any atom is 0.262 e. The largest absolute Gasteiger partial charge is 0.507 e. The third-order valence-corrected chi connectivity index (χ3v) is 4.42. The van der Waals surface area contributed by atoms with Crippen LogP contribution in [0.5, 0.6) is 5.75 Å². The van der Waals surface area contributed by atoms with Gasteiger partial charge in [-0.15, -0.1) is 0 Å². The van der Waals surface area contributed by atoms with Crippen LogP contribution in [0, 0.1) is 0 Å². The molecular formula is C22H23NO2. The number of hydrogen-bond donors (Lipinski definition) is 1. The van der Waals surface area contributed by atoms with Gasteiger partial charge in [0.2, 0.25) is 0 Å². The molecule has 0 saturated carbocycles. The topological polar surface area (TPSA) is 40.5 Å². The first kappa shape index (κ1) is 17.0. The number of phenols is 1. The third kappa shape index (κ3) is 3.66. The number of phenolic OH excluding ortho intramolecular Hbond substituents is 1. The Bertz CT molecular complexity index is 858. The molecule has 3 nitrogen and oxygen atoms in total. The average Bonchev–Trinajstić information content (AvgIpc) is 2.65. The second kappa shape index (κ2) is 7.84. The quantitative estimate of drug-likeness (QED) is 0.615. The van der Waals surface area contributed by atoms with Crippen LogP contribution in [0.25, 0.3) is 10.8 Å². The number of aromatic hydroxyl groups is 1. The lowest BCUT2D eigenvalue weighted by atomic mass is 10.0. The Morgan fingerprint density at radius 3 is 2.40 bits per heavy atom. The van der Waals surface area contributed by atoms with Gasteiger partial charge in [0.05, 0.1) is 5.56 Å². The van der Waals surface area contributed by atoms with E-state index in [-0.39, 0.29) is 11.7 Å². The highest BCUT2D eigenvalue weighted by Gasteiger charge is 2.22. The lowest BCUT2D eigenvalue weighted by Gasteiger charge is -2.24. The normalized spacial score (nSPS) is 10.8. The molecule has 0 atom stereocenters. The standard InChI is InChI=1S/C22H23NO2/c1-2-3-9-16-23(18-11-5-4-6-12-18)22(25)21-19-13-8-7-10-17(19)14-15-20(21)24/h4-8,10-15,24H,2-3,9,16H2,1H3. The Morgan fingerprint density at radius 2 is 1.64 bits per heavy atom. The van der Waals surface area contributed by atoms with E-state index in [9.17, 15) is 9.90 Å². The number of nitrogens with zero attached hydrogens (tertiary/aromatic N) is 1. The van der Waals surface area contributed by atoms with Crippen LogP contribution < -0.4 is 4.90 Å². The van der Waals surface area contributed by atoms with E-state index in [1.165, 1.54) is 0 Å². The van der Waals surface area contributed by atoms with Crippen LogP contribution >= 0.6 is 0 Å². The predicted octanol–water partition coefficient (Wildman–Crippen LogP) is 5.38. The van der Waals surface area contributed by atoms with Crippen molar-refractivity contribution in [1.82, 2.24) is 0 Å². The highest BCUT2D eigenvalue weighted by Crippen LogP contribution is 2.30. The summed E-state index contributed by atoms with van der Waals surface area (Å²) in [6.07, 6.45) is 3.09. The molecule has 0 radical (unpaired) electrons. The number of carbonyl (C=O) groups is 1. The number of hydrogen-bond acceptors (Lipinski definition) is 2. The molecule has 0 spiro atoms. The maximum atomic E-state index is 13.3. The first-order chi connectivity index (χ1) is 12.2. The summed E-state index contributed by atoms with van der Waals surface area (Å²) in [6, 6.07) is 20.8. The first-order valence-electron chi connectivity index (χ1n) is 8.80. The lowest BCUT2D eigenvalue weighted by Crippen LogP contribution is -2.32. The van der Waals surface area contributed by atoms with Crippen molar-refractivity contribution in [3.8, 4) is 5.75 Å². The van der Waals surface area contributed by atoms with Crippen LogP contribution in [0.15, 0.2) is 66.7 Å². The van der Waals surface area contributed by atoms with Crippen molar-refractivity contribution in [3.63, 3.8) is 0 Å². The summed E-state index contributed by atoms with van der Waals surface area (Å²) in [6.45, 7) is 2.78. The van der Waals surface area contributed by atoms with Gasteiger partial charge < -0.3 is 10.0 Å². The van der Waals surface area contributed by atoms with Crippen molar-refractivity contribution in [2.75, 3.05) is 11.4 Å². The van der Waals surface area contributed by atoms with E-state index in [1.54, 1.807) is 11.0 Å². The summed E-state index contributed by atoms with van der Waals surface area (Å²) in [4.78, 5) is 15.1. The summed E-state index contributed by atoms with van der Waals surface area (Å²) in [7, 11) is 0. The van der Waals surface area contributed by atoms with Crippen molar-refractivity contribution < 1.29 is 9.90 Å². The molecule has 0 unspecified atom stereocenters. The molecule has 3 heteroatoms. The summed E-state index contributed by atoms with van der Waals surface area (Å²) < 4.78 is 0. The fraction of sp³-hybridized carbons (Fsp3) is 0.227. The Balaban J connectivity index is 2.04. The summed E-state index contributed by atoms with van der Waals surface area (Å²) in [5.74, 6) is -0.128. The lowest BCUT2D eigenvalue weighted by molar-refractivity contribution is 0.0985. The average molecular weight is 333 g/mol. The van der Waals surface area contributed by atoms with Gasteiger partial charge in [0, 0.05) is 12.2 Å². The zero-order valence-electron chi connectivity index (χ0n) is 14.5. The molecule has 3 aromatic rings. The molecule has 3 aromatic carbocycles. The van der Waals surface area contributed by atoms with Gasteiger partial charge in [0.25, 0.3) is 5.91 Å². The first-order valence-corrected chi connectivity index (χ1v) is 8.80. The Kier molecular flexibility index (Phi) is 5.34. The monoisotopic (exact) mass is 333 g/mol. The minimum absolute atomic E-state index is 0.0279. The molecular weight excluding hydrogens is 310 g/mol. The minimum atomic E-state index is -0.156. The van der Waals surface area contributed by atoms with Gasteiger partial charge in [-0.05, 0) is 35.4 Å². The van der Waals surface area contributed by atoms with Crippen molar-refractivity contribution >= 4 is 22.4 Å². The van der Waals surface area contributed by atoms with E-state index >= 15 is 0 Å². The third-order valence-electron chi connectivity index (χ3n) is 4.42. The molecule has 0 aliphatic rings. The van der Waals surface area contributed by atoms with Crippen LogP contribution in [0.2, 0.25) is 0 Å². The summed E-state index contributed by atoms with van der Waals surface area (Å²) in [5, 5.41) is 12.1. The number of anilines is 1. The fourth-order valence-corrected chi connectivity index (χ4v) is 3.10. The van der Waals surface area contributed by atoms with E-state index in [0.717, 1.165) is 35.7 Å². The Labute approximate surface area is 148 Å². The van der Waals surface area contributed by atoms with Crippen molar-refractivity contribution in [1.29, 1.82) is 0 Å². The number of rotatable bonds is 6. The van der Waals surface area contributed by atoms with Gasteiger partial charge >= 0.3 is 0 Å². The van der Waals surface area contributed by atoms with E-state index < -0.39 is 0 Å². The van der Waals surface area contributed by atoms with Gasteiger partial charge in [0.1, 0.15) is 5.75 Å². The van der Waals surface area contributed by atoms with Gasteiger partial charge in [-0.1, -0.05) is 68.3 Å². The maximum absolute atomic E-state index is 13.3. The SMILES string of the molecule is CCCCCN(C(=O)c1c(O)ccc2ccccc12)c1ccccc1. The van der Waals surface area contributed by atoms with Gasteiger partial charge in [-0.3, -0.25) is 4.79 Å². The van der Waals surface area contributed by atoms with Crippen molar-refractivity contribution in [2.45, 2.75) is 26.2 Å². The molecule has 3 rings (SSSR count). The summed E-state index contributed by atoms with van der Waals surface area (Å²) >= 11 is 0. The second-order valence-electron chi connectivity index (χ2n) is 6.18. The highest BCUT2D eigenvalue weighted by molar-refractivity contribution is 6.16. The molecule has 0 aliphatic heterocycles. The van der Waals surface area contributed by atoms with Crippen LogP contribution in [0.1, 0.15) is 36.5 Å². The van der Waals surface area contributed by atoms with Crippen LogP contribution in [-0.4, -0.2) is 17.6 Å². The number of fused-ring (bicyclic) bond motifs is 1. The van der Waals surface area contributed by atoms with Crippen molar-refractivity contribution in [2.24, 2.45) is 0 Å². The molecule has 0 bridgehead atoms. The number of amides is 1. The van der Waals surface area contributed by atoms with E-state index in [0.29, 0.717) is 12.1 Å². The van der Waals surface area contributed by atoms with Crippen LogP contribution in [0.3, 0.4) is 0 Å². The van der Waals surface area contributed by atoms with E-state index in [2.05, 4.69) is 6.92 Å². The molecule has 1 amide bonds. The molecule has 0 aromatic heterocycles. The zero-order valence-corrected chi connectivity index (χ0v) is 14.5. The number of para-hydroxylation sites is 1. The molecule has 0 heterocycles. The molecule has 1 N–H and O–H groups in total. The van der Waals surface area contributed by atoms with E-state index in [4.69, 9.17) is 0 Å². The van der Waals surface area contributed by atoms with Gasteiger partial charge in [-0.25, -0.2) is 0 Å². The molecule has 0 fully saturated rings. The highest BCUT2D eigenvalue weighted by atomic mass is 16.3. The van der Waals surface area contributed by atoms with E-state index in [1.807, 2.05) is 60.7 Å². The predicted molar refractivity (Wildman–Crippen MR) is 103 cm³/mol. The van der Waals surface area contributed by atoms with Crippen LogP contribution in [-0.2, 0) is 0 Å². The molecule has 0 saturated heterocycles. The van der Waals surface area contributed by atoms with Crippen LogP contribution in [0.4, 0.5) is 5.69 Å². The molecule has 128 valence electrons. The van der Waals surface area contributed by atoms with Gasteiger partial charge in [0.15, 0.2) is 0 Å². The minimum Gasteiger partial charge on any atom is -0.507 e. The second-order valence-corrected chi connectivity index (χ2v) is 6.18. The Hall–Kier alpha value is -2.81. The van der Waals surface area contributed by atoms with Crippen molar-refractivity contribution in [3.05, 3.63) is 72.3 Å². The number of unbranched alkanes of at least 4 members (excludes halogenated alkanes) is 2. The Morgan fingerprint density at radius 1 is 0.920 bits per heavy atom. The number of benzene rings is 3. The molecule has 25 heavy (non-hydrogen) atoms. The summed E-state index contributed by atoms with van der Waals surface area (Å²) in [5.41, 5.74) is 1.23. The van der Waals surface area contributed by atoms with Gasteiger partial charge in [-0.2, -0.15) is 0 Å². The zero-order chi connectivity index (χ0) is 17.6. The smallest absolute Gasteiger partial charge is 0.262 e. The fourth-order valence-electron chi connectivity index (χ4n) is 3.10. The number of carbonyl (C=O) groups excluding carboxylic acids is 1.